The van der Waals surface area contributed by atoms with Crippen molar-refractivity contribution in [1.29, 1.82) is 0 Å². The molecule has 78 valence electrons. The number of nitrogens with zero attached hydrogens (tertiary/aromatic N) is 3. The van der Waals surface area contributed by atoms with Crippen LogP contribution in [0.2, 0.25) is 5.02 Å². The normalized spacial score (nSPS) is 10.6. The van der Waals surface area contributed by atoms with Gasteiger partial charge >= 0.3 is 0 Å². The summed E-state index contributed by atoms with van der Waals surface area (Å²) in [6, 6.07) is 5.62. The minimum Gasteiger partial charge on any atom is -0.232 e. The van der Waals surface area contributed by atoms with E-state index >= 15 is 0 Å². The van der Waals surface area contributed by atoms with E-state index in [0.29, 0.717) is 10.9 Å². The van der Waals surface area contributed by atoms with E-state index in [9.17, 15) is 0 Å². The van der Waals surface area contributed by atoms with Crippen LogP contribution in [0.1, 0.15) is 11.4 Å². The van der Waals surface area contributed by atoms with Gasteiger partial charge in [0, 0.05) is 0 Å². The molecular formula is C10H9Cl2N3. The third-order valence-electron chi connectivity index (χ3n) is 2.00. The molecule has 0 aliphatic heterocycles. The van der Waals surface area contributed by atoms with Crippen LogP contribution in [0.4, 0.5) is 0 Å². The van der Waals surface area contributed by atoms with Crippen LogP contribution in [0.15, 0.2) is 24.4 Å². The Morgan fingerprint density at radius 1 is 1.40 bits per heavy atom. The largest absolute Gasteiger partial charge is 0.232 e. The Balaban J connectivity index is 2.44. The lowest BCUT2D eigenvalue weighted by Crippen LogP contribution is -1.99. The van der Waals surface area contributed by atoms with E-state index in [0.717, 1.165) is 17.2 Å². The monoisotopic (exact) mass is 241 g/mol. The lowest BCUT2D eigenvalue weighted by atomic mass is 10.4. The predicted octanol–water partition coefficient (Wildman–Crippen LogP) is 2.97. The molecule has 0 aromatic carbocycles. The zero-order chi connectivity index (χ0) is 10.8. The van der Waals surface area contributed by atoms with Crippen LogP contribution >= 0.6 is 23.2 Å². The van der Waals surface area contributed by atoms with Crippen LogP contribution in [-0.2, 0) is 5.88 Å². The summed E-state index contributed by atoms with van der Waals surface area (Å²) in [6.07, 6.45) is 1.73. The standard InChI is InChI=1S/C10H9Cl2N3/c1-7-9(12)6-15(14-7)10-4-2-3-8(5-11)13-10/h2-4,6H,5H2,1H3. The molecule has 0 saturated heterocycles. The molecule has 0 aliphatic rings. The first-order valence-corrected chi connectivity index (χ1v) is 5.36. The minimum atomic E-state index is 0.391. The Morgan fingerprint density at radius 2 is 2.20 bits per heavy atom. The van der Waals surface area contributed by atoms with Crippen molar-refractivity contribution in [3.05, 3.63) is 40.8 Å². The zero-order valence-electron chi connectivity index (χ0n) is 8.11. The second-order valence-corrected chi connectivity index (χ2v) is 3.80. The fraction of sp³-hybridized carbons (Fsp3) is 0.200. The van der Waals surface area contributed by atoms with Crippen molar-refractivity contribution >= 4 is 23.2 Å². The van der Waals surface area contributed by atoms with Crippen LogP contribution in [-0.4, -0.2) is 14.8 Å². The summed E-state index contributed by atoms with van der Waals surface area (Å²) in [5.74, 6) is 1.12. The highest BCUT2D eigenvalue weighted by atomic mass is 35.5. The van der Waals surface area contributed by atoms with Crippen LogP contribution < -0.4 is 0 Å². The molecule has 0 aliphatic carbocycles. The van der Waals surface area contributed by atoms with Crippen LogP contribution in [0.25, 0.3) is 5.82 Å². The number of halogens is 2. The molecule has 0 unspecified atom stereocenters. The van der Waals surface area contributed by atoms with Crippen molar-refractivity contribution in [1.82, 2.24) is 14.8 Å². The fourth-order valence-corrected chi connectivity index (χ4v) is 1.50. The summed E-state index contributed by atoms with van der Waals surface area (Å²) in [4.78, 5) is 4.33. The maximum absolute atomic E-state index is 5.92. The van der Waals surface area contributed by atoms with Gasteiger partial charge in [0.15, 0.2) is 5.82 Å². The number of hydrogen-bond acceptors (Lipinski definition) is 2. The molecule has 2 aromatic rings. The maximum Gasteiger partial charge on any atom is 0.153 e. The minimum absolute atomic E-state index is 0.391. The van der Waals surface area contributed by atoms with Gasteiger partial charge in [-0.25, -0.2) is 9.67 Å². The van der Waals surface area contributed by atoms with Crippen LogP contribution in [0, 0.1) is 6.92 Å². The fourth-order valence-electron chi connectivity index (χ4n) is 1.23. The number of aryl methyl sites for hydroxylation is 1. The first-order valence-electron chi connectivity index (χ1n) is 4.45. The molecule has 0 amide bonds. The first-order chi connectivity index (χ1) is 7.20. The van der Waals surface area contributed by atoms with Crippen molar-refractivity contribution in [2.75, 3.05) is 0 Å². The molecule has 2 aromatic heterocycles. The van der Waals surface area contributed by atoms with Gasteiger partial charge in [-0.05, 0) is 19.1 Å². The number of alkyl halides is 1. The van der Waals surface area contributed by atoms with Crippen molar-refractivity contribution in [2.45, 2.75) is 12.8 Å². The first kappa shape index (κ1) is 10.5. The summed E-state index contributed by atoms with van der Waals surface area (Å²) in [5, 5.41) is 4.87. The van der Waals surface area contributed by atoms with Gasteiger partial charge in [-0.3, -0.25) is 0 Å². The van der Waals surface area contributed by atoms with E-state index in [1.165, 1.54) is 0 Å². The van der Waals surface area contributed by atoms with Crippen molar-refractivity contribution in [3.8, 4) is 5.82 Å². The van der Waals surface area contributed by atoms with Gasteiger partial charge in [0.2, 0.25) is 0 Å². The molecule has 3 nitrogen and oxygen atoms in total. The topological polar surface area (TPSA) is 30.7 Å². The molecule has 0 radical (unpaired) electrons. The second kappa shape index (κ2) is 4.21. The quantitative estimate of drug-likeness (QED) is 0.758. The summed E-state index contributed by atoms with van der Waals surface area (Å²) >= 11 is 11.6. The van der Waals surface area contributed by atoms with Crippen molar-refractivity contribution in [2.24, 2.45) is 0 Å². The Kier molecular flexibility index (Phi) is 2.93. The lowest BCUT2D eigenvalue weighted by molar-refractivity contribution is 0.826. The third-order valence-corrected chi connectivity index (χ3v) is 2.65. The Bertz CT molecular complexity index is 460. The lowest BCUT2D eigenvalue weighted by Gasteiger charge is -2.01. The van der Waals surface area contributed by atoms with E-state index in [-0.39, 0.29) is 0 Å². The Morgan fingerprint density at radius 3 is 2.80 bits per heavy atom. The van der Waals surface area contributed by atoms with Crippen LogP contribution in [0.3, 0.4) is 0 Å². The predicted molar refractivity (Wildman–Crippen MR) is 60.7 cm³/mol. The van der Waals surface area contributed by atoms with E-state index < -0.39 is 0 Å². The SMILES string of the molecule is Cc1nn(-c2cccc(CCl)n2)cc1Cl. The van der Waals surface area contributed by atoms with Gasteiger partial charge in [-0.1, -0.05) is 17.7 Å². The van der Waals surface area contributed by atoms with E-state index in [2.05, 4.69) is 10.1 Å². The van der Waals surface area contributed by atoms with E-state index in [1.54, 1.807) is 10.9 Å². The molecule has 2 rings (SSSR count). The van der Waals surface area contributed by atoms with E-state index in [1.807, 2.05) is 25.1 Å². The Labute approximate surface area is 97.7 Å². The molecule has 0 atom stereocenters. The van der Waals surface area contributed by atoms with E-state index in [4.69, 9.17) is 23.2 Å². The summed E-state index contributed by atoms with van der Waals surface area (Å²) < 4.78 is 1.65. The van der Waals surface area contributed by atoms with Gasteiger partial charge in [0.05, 0.1) is 28.5 Å². The number of pyridine rings is 1. The molecule has 0 bridgehead atoms. The number of hydrogen-bond donors (Lipinski definition) is 0. The Hall–Kier alpha value is -1.06. The van der Waals surface area contributed by atoms with Gasteiger partial charge < -0.3 is 0 Å². The summed E-state index contributed by atoms with van der Waals surface area (Å²) in [6.45, 7) is 1.85. The van der Waals surface area contributed by atoms with Gasteiger partial charge in [0.1, 0.15) is 0 Å². The van der Waals surface area contributed by atoms with Crippen molar-refractivity contribution < 1.29 is 0 Å². The molecule has 0 saturated carbocycles. The second-order valence-electron chi connectivity index (χ2n) is 3.13. The van der Waals surface area contributed by atoms with Crippen molar-refractivity contribution in [3.63, 3.8) is 0 Å². The smallest absolute Gasteiger partial charge is 0.153 e. The molecular weight excluding hydrogens is 233 g/mol. The molecule has 0 fully saturated rings. The van der Waals surface area contributed by atoms with Gasteiger partial charge in [-0.15, -0.1) is 11.6 Å². The molecule has 0 spiro atoms. The average Bonchev–Trinajstić information content (AvgIpc) is 2.59. The zero-order valence-corrected chi connectivity index (χ0v) is 9.63. The average molecular weight is 242 g/mol. The van der Waals surface area contributed by atoms with Crippen LogP contribution in [0.5, 0.6) is 0 Å². The maximum atomic E-state index is 5.92. The summed E-state index contributed by atoms with van der Waals surface area (Å²) in [7, 11) is 0. The van der Waals surface area contributed by atoms with Gasteiger partial charge in [0.25, 0.3) is 0 Å². The number of rotatable bonds is 2. The molecule has 2 heterocycles. The number of aromatic nitrogens is 3. The molecule has 15 heavy (non-hydrogen) atoms. The highest BCUT2D eigenvalue weighted by molar-refractivity contribution is 6.31. The summed E-state index contributed by atoms with van der Waals surface area (Å²) in [5.41, 5.74) is 1.60. The highest BCUT2D eigenvalue weighted by Gasteiger charge is 2.05. The molecule has 5 heteroatoms. The highest BCUT2D eigenvalue weighted by Crippen LogP contribution is 2.15. The molecule has 0 N–H and O–H groups in total. The third kappa shape index (κ3) is 2.13. The van der Waals surface area contributed by atoms with Gasteiger partial charge in [-0.2, -0.15) is 5.10 Å².